The molecule has 0 aliphatic carbocycles. The first-order valence-electron chi connectivity index (χ1n) is 12.3. The first-order chi connectivity index (χ1) is 18.4. The number of carbonyl (C=O) groups is 2. The van der Waals surface area contributed by atoms with Crippen LogP contribution in [0.2, 0.25) is 15.1 Å². The lowest BCUT2D eigenvalue weighted by Gasteiger charge is -2.32. The summed E-state index contributed by atoms with van der Waals surface area (Å²) in [5.41, 5.74) is 1.50. The van der Waals surface area contributed by atoms with Crippen LogP contribution in [0, 0.1) is 6.92 Å². The quantitative estimate of drug-likeness (QED) is 0.285. The average Bonchev–Trinajstić information content (AvgIpc) is 2.91. The van der Waals surface area contributed by atoms with Crippen LogP contribution in [0.5, 0.6) is 0 Å². The summed E-state index contributed by atoms with van der Waals surface area (Å²) >= 11 is 18.4. The predicted molar refractivity (Wildman–Crippen MR) is 157 cm³/mol. The lowest BCUT2D eigenvalue weighted by molar-refractivity contribution is -0.139. The Bertz CT molecular complexity index is 1440. The van der Waals surface area contributed by atoms with Crippen LogP contribution in [0.25, 0.3) is 0 Å². The Kier molecular flexibility index (Phi) is 10.7. The molecule has 39 heavy (non-hydrogen) atoms. The lowest BCUT2D eigenvalue weighted by atomic mass is 10.1. The van der Waals surface area contributed by atoms with E-state index in [-0.39, 0.29) is 17.3 Å². The second kappa shape index (κ2) is 13.5. The van der Waals surface area contributed by atoms with Gasteiger partial charge in [-0.25, -0.2) is 8.42 Å². The molecule has 0 heterocycles. The van der Waals surface area contributed by atoms with Gasteiger partial charge in [-0.05, 0) is 73.9 Å². The molecule has 208 valence electrons. The molecule has 0 fully saturated rings. The number of nitrogens with one attached hydrogen (secondary N) is 1. The highest BCUT2D eigenvalue weighted by Crippen LogP contribution is 2.30. The summed E-state index contributed by atoms with van der Waals surface area (Å²) in [6.07, 6.45) is 0.720. The fourth-order valence-electron chi connectivity index (χ4n) is 3.94. The van der Waals surface area contributed by atoms with E-state index in [0.717, 1.165) is 10.7 Å². The minimum absolute atomic E-state index is 0.00918. The first kappa shape index (κ1) is 30.8. The molecule has 0 bridgehead atoms. The van der Waals surface area contributed by atoms with E-state index in [1.165, 1.54) is 17.0 Å². The number of carbonyl (C=O) groups excluding carboxylic acids is 2. The van der Waals surface area contributed by atoms with E-state index in [0.29, 0.717) is 38.4 Å². The summed E-state index contributed by atoms with van der Waals surface area (Å²) in [7, 11) is -4.16. The Morgan fingerprint density at radius 1 is 0.949 bits per heavy atom. The third-order valence-corrected chi connectivity index (χ3v) is 8.84. The Morgan fingerprint density at radius 2 is 1.64 bits per heavy atom. The number of benzene rings is 3. The van der Waals surface area contributed by atoms with Gasteiger partial charge in [0.2, 0.25) is 11.8 Å². The highest BCUT2D eigenvalue weighted by Gasteiger charge is 2.33. The molecular weight excluding hydrogens is 581 g/mol. The second-order valence-electron chi connectivity index (χ2n) is 8.99. The predicted octanol–water partition coefficient (Wildman–Crippen LogP) is 6.09. The second-order valence-corrected chi connectivity index (χ2v) is 12.1. The molecule has 0 aliphatic rings. The van der Waals surface area contributed by atoms with Crippen molar-refractivity contribution in [2.75, 3.05) is 17.4 Å². The summed E-state index contributed by atoms with van der Waals surface area (Å²) in [4.78, 5) is 28.2. The number of hydrogen-bond acceptors (Lipinski definition) is 4. The maximum absolute atomic E-state index is 13.9. The molecule has 7 nitrogen and oxygen atoms in total. The molecule has 3 aromatic carbocycles. The summed E-state index contributed by atoms with van der Waals surface area (Å²) in [6.45, 7) is 5.14. The maximum Gasteiger partial charge on any atom is 0.264 e. The van der Waals surface area contributed by atoms with Crippen molar-refractivity contribution in [1.29, 1.82) is 0 Å². The van der Waals surface area contributed by atoms with Crippen LogP contribution in [-0.2, 0) is 26.2 Å². The fraction of sp³-hybridized carbons (Fsp3) is 0.286. The smallest absolute Gasteiger partial charge is 0.264 e. The summed E-state index contributed by atoms with van der Waals surface area (Å²) in [6, 6.07) is 16.6. The Labute approximate surface area is 244 Å². The van der Waals surface area contributed by atoms with E-state index >= 15 is 0 Å². The van der Waals surface area contributed by atoms with Crippen LogP contribution in [-0.4, -0.2) is 44.3 Å². The molecule has 0 spiro atoms. The molecule has 2 amide bonds. The molecule has 3 aromatic rings. The van der Waals surface area contributed by atoms with E-state index in [1.54, 1.807) is 68.4 Å². The molecule has 3 rings (SSSR count). The van der Waals surface area contributed by atoms with Crippen molar-refractivity contribution in [1.82, 2.24) is 10.2 Å². The molecule has 1 atom stereocenters. The highest BCUT2D eigenvalue weighted by molar-refractivity contribution is 7.92. The summed E-state index contributed by atoms with van der Waals surface area (Å²) in [5.74, 6) is -0.931. The largest absolute Gasteiger partial charge is 0.354 e. The van der Waals surface area contributed by atoms with Crippen LogP contribution < -0.4 is 9.62 Å². The summed E-state index contributed by atoms with van der Waals surface area (Å²) < 4.78 is 28.7. The Balaban J connectivity index is 2.05. The van der Waals surface area contributed by atoms with Crippen molar-refractivity contribution in [3.8, 4) is 0 Å². The minimum atomic E-state index is -4.16. The van der Waals surface area contributed by atoms with Crippen molar-refractivity contribution in [3.63, 3.8) is 0 Å². The molecule has 0 saturated heterocycles. The number of anilines is 1. The number of hydrogen-bond donors (Lipinski definition) is 1. The maximum atomic E-state index is 13.9. The van der Waals surface area contributed by atoms with Crippen molar-refractivity contribution >= 4 is 62.3 Å². The fourth-order valence-corrected chi connectivity index (χ4v) is 5.99. The molecule has 11 heteroatoms. The third-order valence-electron chi connectivity index (χ3n) is 6.09. The average molecular weight is 611 g/mol. The van der Waals surface area contributed by atoms with Gasteiger partial charge >= 0.3 is 0 Å². The van der Waals surface area contributed by atoms with Crippen LogP contribution in [0.15, 0.2) is 71.6 Å². The van der Waals surface area contributed by atoms with E-state index in [2.05, 4.69) is 5.32 Å². The van der Waals surface area contributed by atoms with Gasteiger partial charge < -0.3 is 10.2 Å². The van der Waals surface area contributed by atoms with Crippen LogP contribution in [0.4, 0.5) is 5.69 Å². The standard InChI is InChI=1S/C28H30Cl3N3O4S/c1-4-14-32-28(36)20(3)33(17-21-10-12-24(30)25(31)16-21)27(35)18-34(26-13-11-22(29)15-19(26)2)39(37,38)23-8-6-5-7-9-23/h5-13,15-16,20H,4,14,17-18H2,1-3H3,(H,32,36)/t20-/m0/s1. The molecule has 1 N–H and O–H groups in total. The van der Waals surface area contributed by atoms with Crippen molar-refractivity contribution < 1.29 is 18.0 Å². The van der Waals surface area contributed by atoms with Crippen LogP contribution in [0.3, 0.4) is 0 Å². The first-order valence-corrected chi connectivity index (χ1v) is 14.9. The van der Waals surface area contributed by atoms with Crippen molar-refractivity contribution in [3.05, 3.63) is 92.9 Å². The van der Waals surface area contributed by atoms with Gasteiger partial charge in [-0.15, -0.1) is 0 Å². The zero-order chi connectivity index (χ0) is 28.7. The van der Waals surface area contributed by atoms with Crippen LogP contribution in [0.1, 0.15) is 31.4 Å². The van der Waals surface area contributed by atoms with Gasteiger partial charge in [0.05, 0.1) is 20.6 Å². The highest BCUT2D eigenvalue weighted by atomic mass is 35.5. The number of aryl methyl sites for hydroxylation is 1. The molecule has 0 saturated carbocycles. The monoisotopic (exact) mass is 609 g/mol. The number of nitrogens with zero attached hydrogens (tertiary/aromatic N) is 2. The van der Waals surface area contributed by atoms with E-state index in [1.807, 2.05) is 6.92 Å². The summed E-state index contributed by atoms with van der Waals surface area (Å²) in [5, 5.41) is 3.89. The SMILES string of the molecule is CCCNC(=O)[C@H](C)N(Cc1ccc(Cl)c(Cl)c1)C(=O)CN(c1ccc(Cl)cc1C)S(=O)(=O)c1ccccc1. The van der Waals surface area contributed by atoms with E-state index in [9.17, 15) is 18.0 Å². The topological polar surface area (TPSA) is 86.8 Å². The molecule has 0 aromatic heterocycles. The van der Waals surface area contributed by atoms with Gasteiger partial charge in [0.1, 0.15) is 12.6 Å². The molecule has 0 unspecified atom stereocenters. The zero-order valence-corrected chi connectivity index (χ0v) is 24.9. The van der Waals surface area contributed by atoms with E-state index in [4.69, 9.17) is 34.8 Å². The van der Waals surface area contributed by atoms with Gasteiger partial charge in [0, 0.05) is 18.1 Å². The van der Waals surface area contributed by atoms with E-state index < -0.39 is 28.5 Å². The molecule has 0 radical (unpaired) electrons. The van der Waals surface area contributed by atoms with Gasteiger partial charge in [0.25, 0.3) is 10.0 Å². The third kappa shape index (κ3) is 7.66. The van der Waals surface area contributed by atoms with Gasteiger partial charge in [-0.1, -0.05) is 66.0 Å². The van der Waals surface area contributed by atoms with Crippen molar-refractivity contribution in [2.24, 2.45) is 0 Å². The normalized spacial score (nSPS) is 12.1. The zero-order valence-electron chi connectivity index (χ0n) is 21.8. The minimum Gasteiger partial charge on any atom is -0.354 e. The van der Waals surface area contributed by atoms with Gasteiger partial charge in [0.15, 0.2) is 0 Å². The lowest BCUT2D eigenvalue weighted by Crippen LogP contribution is -2.51. The number of amides is 2. The van der Waals surface area contributed by atoms with Crippen LogP contribution >= 0.6 is 34.8 Å². The number of halogens is 3. The number of rotatable bonds is 11. The van der Waals surface area contributed by atoms with Gasteiger partial charge in [-0.3, -0.25) is 13.9 Å². The van der Waals surface area contributed by atoms with Gasteiger partial charge in [-0.2, -0.15) is 0 Å². The Hall–Kier alpha value is -2.78. The molecule has 0 aliphatic heterocycles. The number of sulfonamides is 1. The van der Waals surface area contributed by atoms with Crippen molar-refractivity contribution in [2.45, 2.75) is 44.7 Å². The molecular formula is C28H30Cl3N3O4S. The Morgan fingerprint density at radius 3 is 2.26 bits per heavy atom.